The van der Waals surface area contributed by atoms with Gasteiger partial charge in [0.1, 0.15) is 29.2 Å². The Labute approximate surface area is 155 Å². The molecule has 0 amide bonds. The molecule has 2 aromatic carbocycles. The Balaban J connectivity index is 1.84. The minimum absolute atomic E-state index is 0.122. The highest BCUT2D eigenvalue weighted by Gasteiger charge is 2.35. The Morgan fingerprint density at radius 2 is 1.48 bits per heavy atom. The van der Waals surface area contributed by atoms with E-state index in [1.54, 1.807) is 6.92 Å². The zero-order valence-corrected chi connectivity index (χ0v) is 14.8. The van der Waals surface area contributed by atoms with Crippen LogP contribution in [0.3, 0.4) is 0 Å². The zero-order valence-electron chi connectivity index (χ0n) is 14.8. The molecule has 144 valence electrons. The predicted octanol–water partition coefficient (Wildman–Crippen LogP) is 3.51. The number of esters is 1. The summed E-state index contributed by atoms with van der Waals surface area (Å²) in [5.41, 5.74) is 0. The van der Waals surface area contributed by atoms with Gasteiger partial charge >= 0.3 is 5.97 Å². The van der Waals surface area contributed by atoms with Crippen molar-refractivity contribution >= 4 is 5.97 Å². The van der Waals surface area contributed by atoms with Gasteiger partial charge in [-0.1, -0.05) is 0 Å². The molecule has 0 N–H and O–H groups in total. The monoisotopic (exact) mass is 378 g/mol. The maximum Gasteiger partial charge on any atom is 0.308 e. The average molecular weight is 378 g/mol. The molecule has 7 heteroatoms. The largest absolute Gasteiger partial charge is 0.484 e. The van der Waals surface area contributed by atoms with Crippen molar-refractivity contribution in [1.82, 2.24) is 0 Å². The van der Waals surface area contributed by atoms with Gasteiger partial charge in [0.25, 0.3) is 0 Å². The molecule has 0 aliphatic carbocycles. The number of halogens is 2. The van der Waals surface area contributed by atoms with E-state index in [9.17, 15) is 13.6 Å². The first-order valence-electron chi connectivity index (χ1n) is 8.63. The van der Waals surface area contributed by atoms with Gasteiger partial charge in [0.05, 0.1) is 19.6 Å². The highest BCUT2D eigenvalue weighted by Crippen LogP contribution is 2.23. The third-order valence-electron chi connectivity index (χ3n) is 4.07. The van der Waals surface area contributed by atoms with Crippen LogP contribution < -0.4 is 9.47 Å². The Bertz CT molecular complexity index is 748. The maximum absolute atomic E-state index is 13.2. The number of carbonyl (C=O) groups excluding carboxylic acids is 1. The van der Waals surface area contributed by atoms with Crippen molar-refractivity contribution in [3.63, 3.8) is 0 Å². The summed E-state index contributed by atoms with van der Waals surface area (Å²) in [5.74, 6) is -0.349. The maximum atomic E-state index is 13.2. The molecule has 3 atom stereocenters. The smallest absolute Gasteiger partial charge is 0.308 e. The first-order valence-corrected chi connectivity index (χ1v) is 8.63. The van der Waals surface area contributed by atoms with Gasteiger partial charge in [0.15, 0.2) is 12.2 Å². The van der Waals surface area contributed by atoms with Crippen LogP contribution in [-0.2, 0) is 14.3 Å². The molecule has 3 rings (SSSR count). The average Bonchev–Trinajstić information content (AvgIpc) is 2.70. The molecule has 1 aliphatic heterocycles. The Morgan fingerprint density at radius 3 is 2.07 bits per heavy atom. The van der Waals surface area contributed by atoms with E-state index in [-0.39, 0.29) is 25.5 Å². The summed E-state index contributed by atoms with van der Waals surface area (Å²) < 4.78 is 49.1. The molecule has 3 unspecified atom stereocenters. The van der Waals surface area contributed by atoms with Gasteiger partial charge in [0.2, 0.25) is 0 Å². The van der Waals surface area contributed by atoms with Crippen LogP contribution >= 0.6 is 0 Å². The van der Waals surface area contributed by atoms with Gasteiger partial charge < -0.3 is 18.9 Å². The molecule has 1 saturated heterocycles. The summed E-state index contributed by atoms with van der Waals surface area (Å²) >= 11 is 0. The summed E-state index contributed by atoms with van der Waals surface area (Å²) in [6.07, 6.45) is -1.88. The van der Waals surface area contributed by atoms with E-state index in [1.807, 2.05) is 0 Å². The fourth-order valence-electron chi connectivity index (χ4n) is 2.72. The second-order valence-corrected chi connectivity index (χ2v) is 6.17. The molecule has 0 saturated carbocycles. The van der Waals surface area contributed by atoms with E-state index < -0.39 is 30.1 Å². The first-order chi connectivity index (χ1) is 13.0. The predicted molar refractivity (Wildman–Crippen MR) is 92.6 cm³/mol. The minimum Gasteiger partial charge on any atom is -0.484 e. The lowest BCUT2D eigenvalue weighted by atomic mass is 10.1. The van der Waals surface area contributed by atoms with Crippen LogP contribution in [-0.4, -0.2) is 37.5 Å². The number of hydrogen-bond donors (Lipinski definition) is 0. The molecule has 0 radical (unpaired) electrons. The van der Waals surface area contributed by atoms with Gasteiger partial charge in [-0.2, -0.15) is 0 Å². The van der Waals surface area contributed by atoms with Crippen LogP contribution in [0.2, 0.25) is 0 Å². The van der Waals surface area contributed by atoms with E-state index >= 15 is 0 Å². The lowest BCUT2D eigenvalue weighted by molar-refractivity contribution is -0.154. The summed E-state index contributed by atoms with van der Waals surface area (Å²) in [7, 11) is 0. The Morgan fingerprint density at radius 1 is 0.926 bits per heavy atom. The van der Waals surface area contributed by atoms with E-state index in [2.05, 4.69) is 0 Å². The Hall–Kier alpha value is -2.67. The molecule has 5 nitrogen and oxygen atoms in total. The van der Waals surface area contributed by atoms with Gasteiger partial charge in [-0.25, -0.2) is 8.78 Å². The molecule has 2 aromatic rings. The van der Waals surface area contributed by atoms with Crippen molar-refractivity contribution < 1.29 is 32.5 Å². The lowest BCUT2D eigenvalue weighted by Gasteiger charge is -2.31. The van der Waals surface area contributed by atoms with Crippen molar-refractivity contribution in [2.75, 3.05) is 13.2 Å². The summed E-state index contributed by atoms with van der Waals surface area (Å²) in [4.78, 5) is 11.9. The van der Waals surface area contributed by atoms with Crippen LogP contribution in [0.5, 0.6) is 11.5 Å². The van der Waals surface area contributed by atoms with Crippen molar-refractivity contribution in [3.8, 4) is 11.5 Å². The number of carbonyl (C=O) groups is 1. The number of rotatable bonds is 4. The SMILES string of the molecule is CC1OC(=O)CCOCC(Oc2ccc(F)cc2)C1Oc1ccc(F)cc1. The molecule has 0 aromatic heterocycles. The molecule has 0 bridgehead atoms. The van der Waals surface area contributed by atoms with Gasteiger partial charge in [-0.3, -0.25) is 4.79 Å². The van der Waals surface area contributed by atoms with Crippen LogP contribution in [0.25, 0.3) is 0 Å². The van der Waals surface area contributed by atoms with E-state index in [1.165, 1.54) is 48.5 Å². The van der Waals surface area contributed by atoms with Gasteiger partial charge in [0, 0.05) is 0 Å². The van der Waals surface area contributed by atoms with Crippen LogP contribution in [0, 0.1) is 11.6 Å². The molecule has 0 spiro atoms. The van der Waals surface area contributed by atoms with Gasteiger partial charge in [-0.15, -0.1) is 0 Å². The Kier molecular flexibility index (Phi) is 6.24. The third-order valence-corrected chi connectivity index (χ3v) is 4.07. The van der Waals surface area contributed by atoms with E-state index in [4.69, 9.17) is 18.9 Å². The van der Waals surface area contributed by atoms with Gasteiger partial charge in [-0.05, 0) is 55.5 Å². The highest BCUT2D eigenvalue weighted by molar-refractivity contribution is 5.69. The van der Waals surface area contributed by atoms with Crippen LogP contribution in [0.15, 0.2) is 48.5 Å². The first kappa shape index (κ1) is 19.1. The normalized spacial score (nSPS) is 23.5. The standard InChI is InChI=1S/C20H20F2O5/c1-13-20(27-17-8-4-15(22)5-9-17)18(12-24-11-10-19(23)25-13)26-16-6-2-14(21)3-7-16/h2-9,13,18,20H,10-12H2,1H3. The second kappa shape index (κ2) is 8.81. The molecule has 1 aliphatic rings. The minimum atomic E-state index is -0.720. The van der Waals surface area contributed by atoms with Crippen molar-refractivity contribution in [2.45, 2.75) is 31.7 Å². The molecule has 1 heterocycles. The third kappa shape index (κ3) is 5.40. The summed E-state index contributed by atoms with van der Waals surface area (Å²) in [6.45, 7) is 2.03. The number of ether oxygens (including phenoxy) is 4. The number of cyclic esters (lactones) is 1. The fourth-order valence-corrected chi connectivity index (χ4v) is 2.72. The molecule has 27 heavy (non-hydrogen) atoms. The fraction of sp³-hybridized carbons (Fsp3) is 0.350. The van der Waals surface area contributed by atoms with E-state index in [0.29, 0.717) is 11.5 Å². The lowest BCUT2D eigenvalue weighted by Crippen LogP contribution is -2.47. The summed E-state index contributed by atoms with van der Waals surface area (Å²) in [5, 5.41) is 0. The van der Waals surface area contributed by atoms with E-state index in [0.717, 1.165) is 0 Å². The van der Waals surface area contributed by atoms with Crippen LogP contribution in [0.4, 0.5) is 8.78 Å². The summed E-state index contributed by atoms with van der Waals surface area (Å²) in [6, 6.07) is 11.1. The quantitative estimate of drug-likeness (QED) is 0.762. The molecule has 1 fully saturated rings. The molecular formula is C20H20F2O5. The van der Waals surface area contributed by atoms with Crippen molar-refractivity contribution in [1.29, 1.82) is 0 Å². The van der Waals surface area contributed by atoms with Crippen molar-refractivity contribution in [2.24, 2.45) is 0 Å². The highest BCUT2D eigenvalue weighted by atomic mass is 19.1. The topological polar surface area (TPSA) is 54.0 Å². The number of hydrogen-bond acceptors (Lipinski definition) is 5. The zero-order chi connectivity index (χ0) is 19.2. The van der Waals surface area contributed by atoms with Crippen molar-refractivity contribution in [3.05, 3.63) is 60.2 Å². The van der Waals surface area contributed by atoms with Crippen LogP contribution in [0.1, 0.15) is 13.3 Å². The number of benzene rings is 2. The second-order valence-electron chi connectivity index (χ2n) is 6.17. The molecular weight excluding hydrogens is 358 g/mol.